The molecule has 0 rings (SSSR count). The first-order valence-electron chi connectivity index (χ1n) is 3.97. The van der Waals surface area contributed by atoms with E-state index in [0.29, 0.717) is 0 Å². The van der Waals surface area contributed by atoms with E-state index in [2.05, 4.69) is 20.8 Å². The second-order valence-corrected chi connectivity index (χ2v) is 8.31. The highest BCUT2D eigenvalue weighted by molar-refractivity contribution is 7.41. The SMILES string of the molecule is CC[Si](CC)(CC)OP(O)O. The summed E-state index contributed by atoms with van der Waals surface area (Å²) in [6.45, 7) is 6.16. The molecule has 0 aromatic rings. The molecule has 0 radical (unpaired) electrons. The van der Waals surface area contributed by atoms with Crippen molar-refractivity contribution >= 4 is 16.9 Å². The third-order valence-electron chi connectivity index (χ3n) is 2.21. The number of hydrogen-bond donors (Lipinski definition) is 2. The van der Waals surface area contributed by atoms with Gasteiger partial charge >= 0.3 is 8.60 Å². The van der Waals surface area contributed by atoms with E-state index >= 15 is 0 Å². The molecule has 0 fully saturated rings. The summed E-state index contributed by atoms with van der Waals surface area (Å²) in [5.74, 6) is 0. The first kappa shape index (κ1) is 11.5. The van der Waals surface area contributed by atoms with Crippen molar-refractivity contribution in [3.05, 3.63) is 0 Å². The van der Waals surface area contributed by atoms with Crippen molar-refractivity contribution in [1.29, 1.82) is 0 Å². The van der Waals surface area contributed by atoms with Crippen LogP contribution in [0, 0.1) is 0 Å². The lowest BCUT2D eigenvalue weighted by molar-refractivity contribution is 0.367. The summed E-state index contributed by atoms with van der Waals surface area (Å²) in [6.07, 6.45) is 0. The largest absolute Gasteiger partial charge is 0.354 e. The molecule has 0 atom stereocenters. The maximum Gasteiger partial charge on any atom is 0.316 e. The van der Waals surface area contributed by atoms with Gasteiger partial charge in [-0.2, -0.15) is 0 Å². The van der Waals surface area contributed by atoms with Crippen LogP contribution in [0.3, 0.4) is 0 Å². The first-order valence-corrected chi connectivity index (χ1v) is 7.66. The van der Waals surface area contributed by atoms with Gasteiger partial charge in [0.15, 0.2) is 0 Å². The Balaban J connectivity index is 4.05. The molecule has 0 saturated carbocycles. The van der Waals surface area contributed by atoms with Crippen molar-refractivity contribution in [2.45, 2.75) is 38.9 Å². The van der Waals surface area contributed by atoms with E-state index in [9.17, 15) is 0 Å². The summed E-state index contributed by atoms with van der Waals surface area (Å²) in [5, 5.41) is 0. The Morgan fingerprint density at radius 3 is 1.55 bits per heavy atom. The first-order chi connectivity index (χ1) is 5.10. The number of rotatable bonds is 5. The normalized spacial score (nSPS) is 12.5. The van der Waals surface area contributed by atoms with E-state index in [-0.39, 0.29) is 0 Å². The summed E-state index contributed by atoms with van der Waals surface area (Å²) < 4.78 is 5.20. The fraction of sp³-hybridized carbons (Fsp3) is 1.00. The molecule has 3 nitrogen and oxygen atoms in total. The summed E-state index contributed by atoms with van der Waals surface area (Å²) >= 11 is 0. The van der Waals surface area contributed by atoms with Gasteiger partial charge in [-0.1, -0.05) is 20.8 Å². The molecule has 0 bridgehead atoms. The molecular formula is C6H17O3PSi. The zero-order valence-electron chi connectivity index (χ0n) is 7.37. The van der Waals surface area contributed by atoms with Gasteiger partial charge in [-0.3, -0.25) is 0 Å². The second kappa shape index (κ2) is 5.22. The van der Waals surface area contributed by atoms with Gasteiger partial charge in [-0.05, 0) is 18.1 Å². The zero-order valence-corrected chi connectivity index (χ0v) is 9.27. The maximum atomic E-state index is 8.71. The molecule has 0 aliphatic carbocycles. The standard InChI is InChI=1S/C6H17O3PSi/c1-4-11(5-2,6-3)9-10(7)8/h7-8H,4-6H2,1-3H3. The van der Waals surface area contributed by atoms with E-state index in [0.717, 1.165) is 18.1 Å². The van der Waals surface area contributed by atoms with Crippen LogP contribution in [0.2, 0.25) is 18.1 Å². The quantitative estimate of drug-likeness (QED) is 0.523. The minimum Gasteiger partial charge on any atom is -0.354 e. The highest BCUT2D eigenvalue weighted by Gasteiger charge is 2.31. The summed E-state index contributed by atoms with van der Waals surface area (Å²) in [6, 6.07) is 2.87. The van der Waals surface area contributed by atoms with Crippen molar-refractivity contribution < 1.29 is 14.0 Å². The molecular weight excluding hydrogens is 179 g/mol. The summed E-state index contributed by atoms with van der Waals surface area (Å²) in [5.41, 5.74) is 0. The molecule has 11 heavy (non-hydrogen) atoms. The highest BCUT2D eigenvalue weighted by Crippen LogP contribution is 2.36. The second-order valence-electron chi connectivity index (χ2n) is 2.59. The third kappa shape index (κ3) is 3.63. The lowest BCUT2D eigenvalue weighted by Crippen LogP contribution is -2.33. The lowest BCUT2D eigenvalue weighted by Gasteiger charge is -2.27. The van der Waals surface area contributed by atoms with Crippen LogP contribution in [0.1, 0.15) is 20.8 Å². The lowest BCUT2D eigenvalue weighted by atomic mass is 10.9. The molecule has 0 saturated heterocycles. The van der Waals surface area contributed by atoms with Crippen LogP contribution >= 0.6 is 8.60 Å². The van der Waals surface area contributed by atoms with Crippen LogP contribution in [0.4, 0.5) is 0 Å². The molecule has 0 heterocycles. The monoisotopic (exact) mass is 196 g/mol. The Labute approximate surface area is 70.5 Å². The van der Waals surface area contributed by atoms with Gasteiger partial charge in [0.1, 0.15) is 0 Å². The Hall–Kier alpha value is 0.527. The van der Waals surface area contributed by atoms with Crippen molar-refractivity contribution in [2.24, 2.45) is 0 Å². The van der Waals surface area contributed by atoms with Gasteiger partial charge in [0.25, 0.3) is 0 Å². The molecule has 0 spiro atoms. The topological polar surface area (TPSA) is 49.7 Å². The zero-order chi connectivity index (χ0) is 8.91. The predicted molar refractivity (Wildman–Crippen MR) is 49.6 cm³/mol. The molecule has 2 N–H and O–H groups in total. The van der Waals surface area contributed by atoms with Gasteiger partial charge in [0.2, 0.25) is 8.32 Å². The van der Waals surface area contributed by atoms with Gasteiger partial charge in [0, 0.05) is 0 Å². The van der Waals surface area contributed by atoms with E-state index in [1.54, 1.807) is 0 Å². The van der Waals surface area contributed by atoms with Crippen LogP contribution < -0.4 is 0 Å². The van der Waals surface area contributed by atoms with Crippen molar-refractivity contribution in [3.8, 4) is 0 Å². The Morgan fingerprint density at radius 2 is 1.45 bits per heavy atom. The van der Waals surface area contributed by atoms with Gasteiger partial charge < -0.3 is 14.0 Å². The summed E-state index contributed by atoms with van der Waals surface area (Å²) in [4.78, 5) is 17.4. The Morgan fingerprint density at radius 1 is 1.09 bits per heavy atom. The van der Waals surface area contributed by atoms with Crippen LogP contribution in [-0.4, -0.2) is 18.1 Å². The number of hydrogen-bond acceptors (Lipinski definition) is 3. The molecule has 0 aliphatic heterocycles. The average molecular weight is 196 g/mol. The minimum absolute atomic E-state index is 0.958. The van der Waals surface area contributed by atoms with E-state index in [4.69, 9.17) is 14.0 Å². The molecule has 68 valence electrons. The van der Waals surface area contributed by atoms with Gasteiger partial charge in [0.05, 0.1) is 0 Å². The molecule has 0 aromatic heterocycles. The van der Waals surface area contributed by atoms with Crippen molar-refractivity contribution in [3.63, 3.8) is 0 Å². The Kier molecular flexibility index (Phi) is 5.47. The van der Waals surface area contributed by atoms with Gasteiger partial charge in [-0.15, -0.1) is 0 Å². The highest BCUT2D eigenvalue weighted by atomic mass is 31.2. The molecule has 0 amide bonds. The fourth-order valence-corrected chi connectivity index (χ4v) is 5.55. The van der Waals surface area contributed by atoms with Gasteiger partial charge in [-0.25, -0.2) is 0 Å². The van der Waals surface area contributed by atoms with Crippen LogP contribution in [0.15, 0.2) is 0 Å². The molecule has 0 aliphatic rings. The van der Waals surface area contributed by atoms with E-state index < -0.39 is 16.9 Å². The molecule has 0 aromatic carbocycles. The van der Waals surface area contributed by atoms with Crippen molar-refractivity contribution in [1.82, 2.24) is 0 Å². The van der Waals surface area contributed by atoms with Crippen LogP contribution in [0.5, 0.6) is 0 Å². The third-order valence-corrected chi connectivity index (χ3v) is 8.28. The molecule has 0 unspecified atom stereocenters. The van der Waals surface area contributed by atoms with Crippen LogP contribution in [0.25, 0.3) is 0 Å². The summed E-state index contributed by atoms with van der Waals surface area (Å²) in [7, 11) is -3.90. The Bertz CT molecular complexity index is 97.7. The smallest absolute Gasteiger partial charge is 0.316 e. The molecule has 5 heteroatoms. The fourth-order valence-electron chi connectivity index (χ4n) is 1.12. The van der Waals surface area contributed by atoms with Crippen LogP contribution in [-0.2, 0) is 4.21 Å². The predicted octanol–water partition coefficient (Wildman–Crippen LogP) is 2.22. The average Bonchev–Trinajstić information content (AvgIpc) is 2.00. The maximum absolute atomic E-state index is 8.71. The van der Waals surface area contributed by atoms with Crippen molar-refractivity contribution in [2.75, 3.05) is 0 Å². The minimum atomic E-state index is -2.14. The van der Waals surface area contributed by atoms with E-state index in [1.165, 1.54) is 0 Å². The van der Waals surface area contributed by atoms with E-state index in [1.807, 2.05) is 0 Å².